The average Bonchev–Trinajstić information content (AvgIpc) is 3.32. The molecule has 0 saturated carbocycles. The smallest absolute Gasteiger partial charge is 0.222 e. The summed E-state index contributed by atoms with van der Waals surface area (Å²) in [5.74, 6) is 2.07. The molecule has 0 amide bonds. The first-order valence-electron chi connectivity index (χ1n) is 10.2. The van der Waals surface area contributed by atoms with Gasteiger partial charge in [0.25, 0.3) is 0 Å². The van der Waals surface area contributed by atoms with Gasteiger partial charge in [0.2, 0.25) is 5.95 Å². The van der Waals surface area contributed by atoms with E-state index in [9.17, 15) is 0 Å². The average molecular weight is 450 g/mol. The normalized spacial score (nSPS) is 9.70. The number of pyridine rings is 1. The van der Waals surface area contributed by atoms with Gasteiger partial charge in [-0.2, -0.15) is 0 Å². The van der Waals surface area contributed by atoms with Gasteiger partial charge < -0.3 is 20.8 Å². The lowest BCUT2D eigenvalue weighted by Gasteiger charge is -2.07. The molecule has 172 valence electrons. The lowest BCUT2D eigenvalue weighted by atomic mass is 10.1. The zero-order chi connectivity index (χ0) is 24.2. The number of nitrogens with zero attached hydrogens (tertiary/aromatic N) is 4. The van der Waals surface area contributed by atoms with Crippen LogP contribution in [0.5, 0.6) is 5.75 Å². The minimum atomic E-state index is 0.325. The Labute approximate surface area is 191 Å². The predicted molar refractivity (Wildman–Crippen MR) is 131 cm³/mol. The summed E-state index contributed by atoms with van der Waals surface area (Å²) in [6.07, 6.45) is 4.62. The van der Waals surface area contributed by atoms with E-state index in [4.69, 9.17) is 25.4 Å². The third kappa shape index (κ3) is 6.10. The highest BCUT2D eigenvalue weighted by atomic mass is 16.7. The number of nitrogens with two attached hydrogens (primary N) is 1. The zero-order valence-corrected chi connectivity index (χ0v) is 19.0. The van der Waals surface area contributed by atoms with Crippen LogP contribution in [0.3, 0.4) is 0 Å². The molecule has 0 unspecified atom stereocenters. The lowest BCUT2D eigenvalue weighted by molar-refractivity contribution is 0.415. The van der Waals surface area contributed by atoms with Gasteiger partial charge in [-0.05, 0) is 12.1 Å². The first-order chi connectivity index (χ1) is 16.1. The van der Waals surface area contributed by atoms with Crippen LogP contribution in [-0.2, 0) is 0 Å². The number of H-pyrrole nitrogens is 1. The standard InChI is InChI=1S/C20H19N7O.C3H8.O2/c1-22-20-23-9-8-14(25-20)17-16(13-10-15(28-2)18(21)24-11-13)26-19(27-17)12-6-4-3-5-7-12;1-3-2;1-2/h3-11H,1-2H3,(H2,21,24)(H,26,27)(H,22,23,25);3H2,1-2H3;. The number of nitrogen functional groups attached to an aromatic ring is 1. The second kappa shape index (κ2) is 12.5. The minimum Gasteiger partial charge on any atom is -0.493 e. The monoisotopic (exact) mass is 449 g/mol. The summed E-state index contributed by atoms with van der Waals surface area (Å²) in [7, 11) is 3.33. The number of anilines is 2. The molecule has 0 aliphatic carbocycles. The van der Waals surface area contributed by atoms with Gasteiger partial charge in [0.15, 0.2) is 11.6 Å². The van der Waals surface area contributed by atoms with E-state index in [0.29, 0.717) is 28.9 Å². The molecule has 0 bridgehead atoms. The first kappa shape index (κ1) is 24.9. The van der Waals surface area contributed by atoms with Gasteiger partial charge in [-0.1, -0.05) is 50.6 Å². The quantitative estimate of drug-likeness (QED) is 0.393. The number of imidazole rings is 1. The van der Waals surface area contributed by atoms with Crippen LogP contribution < -0.4 is 15.8 Å². The molecule has 0 atom stereocenters. The van der Waals surface area contributed by atoms with Gasteiger partial charge in [-0.3, -0.25) is 0 Å². The summed E-state index contributed by atoms with van der Waals surface area (Å²) in [5.41, 5.74) is 9.77. The maximum atomic E-state index is 7.00. The summed E-state index contributed by atoms with van der Waals surface area (Å²) in [4.78, 5) is 35.2. The minimum absolute atomic E-state index is 0.325. The van der Waals surface area contributed by atoms with Crippen molar-refractivity contribution in [3.05, 3.63) is 64.8 Å². The molecule has 0 fully saturated rings. The van der Waals surface area contributed by atoms with Crippen molar-refractivity contribution in [1.82, 2.24) is 24.9 Å². The summed E-state index contributed by atoms with van der Waals surface area (Å²) in [6, 6.07) is 13.5. The molecule has 0 aliphatic heterocycles. The number of rotatable bonds is 5. The number of nitrogens with one attached hydrogen (secondary N) is 2. The SMILES string of the molecule is CCC.CNc1nccc(-c2[nH]c(-c3ccccc3)nc2-c2cnc(N)c(OC)c2)n1.O=O. The molecule has 0 saturated heterocycles. The van der Waals surface area contributed by atoms with Crippen LogP contribution in [-0.4, -0.2) is 39.1 Å². The highest BCUT2D eigenvalue weighted by Crippen LogP contribution is 2.34. The number of hydrogen-bond donors (Lipinski definition) is 3. The largest absolute Gasteiger partial charge is 0.493 e. The Morgan fingerprint density at radius 2 is 1.73 bits per heavy atom. The summed E-state index contributed by atoms with van der Waals surface area (Å²) in [6.45, 7) is 4.25. The van der Waals surface area contributed by atoms with E-state index in [1.165, 1.54) is 6.42 Å². The second-order valence-corrected chi connectivity index (χ2v) is 6.71. The molecule has 1 aromatic carbocycles. The van der Waals surface area contributed by atoms with Gasteiger partial charge in [-0.25, -0.2) is 19.9 Å². The van der Waals surface area contributed by atoms with Crippen molar-refractivity contribution in [2.75, 3.05) is 25.2 Å². The van der Waals surface area contributed by atoms with Crippen LogP contribution in [0.2, 0.25) is 0 Å². The van der Waals surface area contributed by atoms with Crippen molar-refractivity contribution in [3.8, 4) is 39.8 Å². The number of hydrogen-bond acceptors (Lipinski definition) is 9. The molecule has 33 heavy (non-hydrogen) atoms. The van der Waals surface area contributed by atoms with Gasteiger partial charge in [0.1, 0.15) is 11.5 Å². The molecule has 4 aromatic rings. The van der Waals surface area contributed by atoms with E-state index in [1.807, 2.05) is 42.5 Å². The highest BCUT2D eigenvalue weighted by Gasteiger charge is 2.18. The number of aromatic nitrogens is 5. The van der Waals surface area contributed by atoms with Crippen molar-refractivity contribution in [3.63, 3.8) is 0 Å². The van der Waals surface area contributed by atoms with E-state index in [0.717, 1.165) is 22.6 Å². The van der Waals surface area contributed by atoms with Crippen LogP contribution >= 0.6 is 0 Å². The van der Waals surface area contributed by atoms with Gasteiger partial charge in [0.05, 0.1) is 18.5 Å². The molecule has 0 spiro atoms. The maximum absolute atomic E-state index is 7.00. The number of ether oxygens (including phenoxy) is 1. The number of benzene rings is 1. The topological polar surface area (TPSA) is 149 Å². The number of aromatic amines is 1. The Morgan fingerprint density at radius 1 is 1.03 bits per heavy atom. The summed E-state index contributed by atoms with van der Waals surface area (Å²) in [5, 5.41) is 2.96. The number of methoxy groups -OCH3 is 1. The predicted octanol–water partition coefficient (Wildman–Crippen LogP) is 4.71. The second-order valence-electron chi connectivity index (χ2n) is 6.71. The summed E-state index contributed by atoms with van der Waals surface area (Å²) < 4.78 is 5.32. The molecule has 10 heteroatoms. The van der Waals surface area contributed by atoms with E-state index < -0.39 is 0 Å². The molecule has 0 aliphatic rings. The molecular weight excluding hydrogens is 422 g/mol. The molecular formula is C23H27N7O3. The third-order valence-electron chi connectivity index (χ3n) is 4.26. The van der Waals surface area contributed by atoms with Crippen molar-refractivity contribution >= 4 is 11.8 Å². The molecule has 3 heterocycles. The molecule has 4 N–H and O–H groups in total. The van der Waals surface area contributed by atoms with Gasteiger partial charge >= 0.3 is 0 Å². The van der Waals surface area contributed by atoms with Crippen LogP contribution in [0.1, 0.15) is 20.3 Å². The van der Waals surface area contributed by atoms with E-state index in [-0.39, 0.29) is 0 Å². The van der Waals surface area contributed by atoms with Crippen molar-refractivity contribution in [1.29, 1.82) is 0 Å². The fourth-order valence-corrected chi connectivity index (χ4v) is 2.87. The van der Waals surface area contributed by atoms with Gasteiger partial charge in [-0.15, -0.1) is 0 Å². The van der Waals surface area contributed by atoms with E-state index in [1.54, 1.807) is 26.6 Å². The Morgan fingerprint density at radius 3 is 2.36 bits per heavy atom. The Balaban J connectivity index is 0.000000714. The van der Waals surface area contributed by atoms with Gasteiger partial charge in [0, 0.05) is 40.5 Å². The first-order valence-corrected chi connectivity index (χ1v) is 10.2. The van der Waals surface area contributed by atoms with Crippen LogP contribution in [0.15, 0.2) is 54.9 Å². The Kier molecular flexibility index (Phi) is 9.44. The van der Waals surface area contributed by atoms with Crippen LogP contribution in [0, 0.1) is 9.93 Å². The van der Waals surface area contributed by atoms with Crippen LogP contribution in [0.25, 0.3) is 34.0 Å². The highest BCUT2D eigenvalue weighted by molar-refractivity contribution is 5.80. The van der Waals surface area contributed by atoms with Crippen molar-refractivity contribution in [2.24, 2.45) is 0 Å². The molecule has 0 radical (unpaired) electrons. The molecule has 3 aromatic heterocycles. The maximum Gasteiger partial charge on any atom is 0.222 e. The molecule has 4 rings (SSSR count). The molecule has 10 nitrogen and oxygen atoms in total. The summed E-state index contributed by atoms with van der Waals surface area (Å²) >= 11 is 0. The third-order valence-corrected chi connectivity index (χ3v) is 4.26. The van der Waals surface area contributed by atoms with Crippen molar-refractivity contribution < 1.29 is 4.74 Å². The Hall–Kier alpha value is -4.34. The fourth-order valence-electron chi connectivity index (χ4n) is 2.87. The van der Waals surface area contributed by atoms with E-state index in [2.05, 4.69) is 39.1 Å². The lowest BCUT2D eigenvalue weighted by Crippen LogP contribution is -1.98. The van der Waals surface area contributed by atoms with E-state index >= 15 is 0 Å². The van der Waals surface area contributed by atoms with Crippen molar-refractivity contribution in [2.45, 2.75) is 20.3 Å². The zero-order valence-electron chi connectivity index (χ0n) is 19.0. The Bertz CT molecular complexity index is 1150. The van der Waals surface area contributed by atoms with Crippen LogP contribution in [0.4, 0.5) is 11.8 Å². The fraction of sp³-hybridized carbons (Fsp3) is 0.217.